The number of aryl methyl sites for hydroxylation is 1. The maximum atomic E-state index is 13.4. The number of rotatable bonds is 6. The highest BCUT2D eigenvalue weighted by Crippen LogP contribution is 2.45. The molecule has 1 amide bonds. The Bertz CT molecular complexity index is 1130. The quantitative estimate of drug-likeness (QED) is 0.659. The standard InChI is InChI=1S/C23H27FN2O5S/c1-15-7-8-17(16-9-10-22(2,3)30-14-16)18(13-15)31-23(11-12-23)21(27)26-32(28,29)20-6-4-5-19(24)25-20/h4-8,13,16H,9-12,14H2,1-3H3,(H,26,27). The summed E-state index contributed by atoms with van der Waals surface area (Å²) in [7, 11) is -4.32. The van der Waals surface area contributed by atoms with Crippen molar-refractivity contribution in [2.45, 2.75) is 68.6 Å². The zero-order valence-corrected chi connectivity index (χ0v) is 19.2. The zero-order valence-electron chi connectivity index (χ0n) is 18.4. The predicted octanol–water partition coefficient (Wildman–Crippen LogP) is 3.62. The third kappa shape index (κ3) is 4.78. The number of sulfonamides is 1. The van der Waals surface area contributed by atoms with Crippen molar-refractivity contribution < 1.29 is 27.1 Å². The van der Waals surface area contributed by atoms with E-state index < -0.39 is 32.5 Å². The molecule has 1 aliphatic carbocycles. The van der Waals surface area contributed by atoms with Gasteiger partial charge in [-0.15, -0.1) is 0 Å². The monoisotopic (exact) mass is 462 g/mol. The summed E-state index contributed by atoms with van der Waals surface area (Å²) in [6.45, 7) is 6.60. The predicted molar refractivity (Wildman–Crippen MR) is 115 cm³/mol. The molecular weight excluding hydrogens is 435 g/mol. The fourth-order valence-corrected chi connectivity index (χ4v) is 4.82. The molecule has 1 atom stereocenters. The summed E-state index contributed by atoms with van der Waals surface area (Å²) < 4.78 is 52.5. The van der Waals surface area contributed by atoms with E-state index in [-0.39, 0.29) is 11.5 Å². The van der Waals surface area contributed by atoms with Gasteiger partial charge in [0.25, 0.3) is 15.9 Å². The van der Waals surface area contributed by atoms with Gasteiger partial charge in [-0.2, -0.15) is 12.8 Å². The first-order valence-corrected chi connectivity index (χ1v) is 12.1. The van der Waals surface area contributed by atoms with Gasteiger partial charge in [0.15, 0.2) is 10.6 Å². The highest BCUT2D eigenvalue weighted by Gasteiger charge is 2.54. The lowest BCUT2D eigenvalue weighted by molar-refractivity contribution is -0.128. The van der Waals surface area contributed by atoms with Gasteiger partial charge in [0.1, 0.15) is 5.75 Å². The van der Waals surface area contributed by atoms with Crippen molar-refractivity contribution >= 4 is 15.9 Å². The van der Waals surface area contributed by atoms with Crippen LogP contribution in [-0.4, -0.2) is 37.1 Å². The minimum atomic E-state index is -4.32. The minimum absolute atomic E-state index is 0.123. The molecule has 4 rings (SSSR count). The molecule has 1 N–H and O–H groups in total. The SMILES string of the molecule is Cc1ccc(C2CCC(C)(C)OC2)c(OC2(C(=O)NS(=O)(=O)c3cccc(F)n3)CC2)c1. The Morgan fingerprint density at radius 3 is 2.59 bits per heavy atom. The van der Waals surface area contributed by atoms with E-state index in [0.29, 0.717) is 25.2 Å². The van der Waals surface area contributed by atoms with Gasteiger partial charge in [-0.1, -0.05) is 18.2 Å². The number of carbonyl (C=O) groups excluding carboxylic acids is 1. The van der Waals surface area contributed by atoms with E-state index in [1.54, 1.807) is 0 Å². The van der Waals surface area contributed by atoms with Crippen LogP contribution in [0.15, 0.2) is 41.4 Å². The fourth-order valence-electron chi connectivity index (χ4n) is 3.82. The van der Waals surface area contributed by atoms with E-state index in [0.717, 1.165) is 36.1 Å². The summed E-state index contributed by atoms with van der Waals surface area (Å²) in [6, 6.07) is 9.21. The Morgan fingerprint density at radius 2 is 1.97 bits per heavy atom. The third-order valence-electron chi connectivity index (χ3n) is 5.99. The van der Waals surface area contributed by atoms with Crippen molar-refractivity contribution in [2.24, 2.45) is 0 Å². The zero-order chi connectivity index (χ0) is 23.1. The van der Waals surface area contributed by atoms with E-state index in [1.165, 1.54) is 6.07 Å². The van der Waals surface area contributed by atoms with Crippen LogP contribution in [0.2, 0.25) is 0 Å². The lowest BCUT2D eigenvalue weighted by Crippen LogP contribution is -2.43. The Balaban J connectivity index is 1.54. The Morgan fingerprint density at radius 1 is 1.22 bits per heavy atom. The highest BCUT2D eigenvalue weighted by atomic mass is 32.2. The number of halogens is 1. The number of amides is 1. The molecule has 0 bridgehead atoms. The number of nitrogens with zero attached hydrogens (tertiary/aromatic N) is 1. The second kappa shape index (κ2) is 8.12. The van der Waals surface area contributed by atoms with Crippen molar-refractivity contribution in [1.29, 1.82) is 0 Å². The van der Waals surface area contributed by atoms with Crippen molar-refractivity contribution in [3.63, 3.8) is 0 Å². The van der Waals surface area contributed by atoms with Crippen LogP contribution in [0.4, 0.5) is 4.39 Å². The normalized spacial score (nSPS) is 21.6. The summed E-state index contributed by atoms with van der Waals surface area (Å²) in [5.74, 6) is -1.04. The minimum Gasteiger partial charge on any atom is -0.477 e. The van der Waals surface area contributed by atoms with Crippen LogP contribution in [0.3, 0.4) is 0 Å². The topological polar surface area (TPSA) is 94.6 Å². The molecule has 9 heteroatoms. The first kappa shape index (κ1) is 22.7. The van der Waals surface area contributed by atoms with Crippen molar-refractivity contribution in [3.05, 3.63) is 53.5 Å². The maximum absolute atomic E-state index is 13.4. The molecule has 2 aromatic rings. The largest absolute Gasteiger partial charge is 0.477 e. The summed E-state index contributed by atoms with van der Waals surface area (Å²) in [4.78, 5) is 16.3. The van der Waals surface area contributed by atoms with Gasteiger partial charge in [-0.05, 0) is 62.9 Å². The summed E-state index contributed by atoms with van der Waals surface area (Å²) in [5, 5.41) is -0.556. The van der Waals surface area contributed by atoms with Crippen LogP contribution in [0.25, 0.3) is 0 Å². The van der Waals surface area contributed by atoms with Crippen LogP contribution in [0.5, 0.6) is 5.75 Å². The summed E-state index contributed by atoms with van der Waals surface area (Å²) in [6.07, 6.45) is 2.58. The lowest BCUT2D eigenvalue weighted by Gasteiger charge is -2.35. The second-order valence-corrected chi connectivity index (χ2v) is 10.8. The number of hydrogen-bond acceptors (Lipinski definition) is 6. The second-order valence-electron chi connectivity index (χ2n) is 9.18. The van der Waals surface area contributed by atoms with Gasteiger partial charge < -0.3 is 9.47 Å². The van der Waals surface area contributed by atoms with Gasteiger partial charge in [0.05, 0.1) is 12.2 Å². The molecule has 0 radical (unpaired) electrons. The maximum Gasteiger partial charge on any atom is 0.281 e. The molecule has 2 fully saturated rings. The molecule has 1 saturated carbocycles. The van der Waals surface area contributed by atoms with Gasteiger partial charge in [0, 0.05) is 18.8 Å². The number of benzene rings is 1. The molecule has 1 aromatic carbocycles. The highest BCUT2D eigenvalue weighted by molar-refractivity contribution is 7.90. The average Bonchev–Trinajstić information content (AvgIpc) is 3.49. The Hall–Kier alpha value is -2.52. The third-order valence-corrected chi connectivity index (χ3v) is 7.23. The van der Waals surface area contributed by atoms with Gasteiger partial charge in [-0.3, -0.25) is 4.79 Å². The first-order valence-electron chi connectivity index (χ1n) is 10.6. The molecule has 2 heterocycles. The number of carbonyl (C=O) groups is 1. The number of nitrogens with one attached hydrogen (secondary N) is 1. The van der Waals surface area contributed by atoms with Crippen molar-refractivity contribution in [1.82, 2.24) is 9.71 Å². The van der Waals surface area contributed by atoms with Gasteiger partial charge >= 0.3 is 0 Å². The summed E-state index contributed by atoms with van der Waals surface area (Å²) in [5.41, 5.74) is 0.463. The van der Waals surface area contributed by atoms with Crippen LogP contribution in [0.1, 0.15) is 56.6 Å². The van der Waals surface area contributed by atoms with E-state index >= 15 is 0 Å². The number of pyridine rings is 1. The van der Waals surface area contributed by atoms with E-state index in [1.807, 2.05) is 29.8 Å². The van der Waals surface area contributed by atoms with Crippen LogP contribution in [0, 0.1) is 12.9 Å². The van der Waals surface area contributed by atoms with Crippen molar-refractivity contribution in [2.75, 3.05) is 6.61 Å². The van der Waals surface area contributed by atoms with E-state index in [9.17, 15) is 17.6 Å². The van der Waals surface area contributed by atoms with E-state index in [2.05, 4.69) is 18.8 Å². The van der Waals surface area contributed by atoms with Crippen molar-refractivity contribution in [3.8, 4) is 5.75 Å². The summed E-state index contributed by atoms with van der Waals surface area (Å²) >= 11 is 0. The van der Waals surface area contributed by atoms with Gasteiger partial charge in [0.2, 0.25) is 5.95 Å². The molecule has 0 spiro atoms. The van der Waals surface area contributed by atoms with Gasteiger partial charge in [-0.25, -0.2) is 9.71 Å². The molecule has 1 aromatic heterocycles. The van der Waals surface area contributed by atoms with Crippen LogP contribution >= 0.6 is 0 Å². The van der Waals surface area contributed by atoms with Crippen LogP contribution < -0.4 is 9.46 Å². The first-order chi connectivity index (χ1) is 15.0. The Labute approximate surface area is 187 Å². The molecule has 1 unspecified atom stereocenters. The number of ether oxygens (including phenoxy) is 2. The fraction of sp³-hybridized carbons (Fsp3) is 0.478. The van der Waals surface area contributed by atoms with Crippen LogP contribution in [-0.2, 0) is 19.6 Å². The molecular formula is C23H27FN2O5S. The molecule has 172 valence electrons. The molecule has 7 nitrogen and oxygen atoms in total. The molecule has 32 heavy (non-hydrogen) atoms. The smallest absolute Gasteiger partial charge is 0.281 e. The number of hydrogen-bond donors (Lipinski definition) is 1. The molecule has 1 saturated heterocycles. The van der Waals surface area contributed by atoms with E-state index in [4.69, 9.17) is 9.47 Å². The molecule has 2 aliphatic rings. The number of aromatic nitrogens is 1. The Kier molecular flexibility index (Phi) is 5.75. The lowest BCUT2D eigenvalue weighted by atomic mass is 9.86. The average molecular weight is 463 g/mol. The molecule has 1 aliphatic heterocycles.